The molecule has 174 valence electrons. The Kier molecular flexibility index (Phi) is 7.13. The normalized spacial score (nSPS) is 12.6. The molecule has 1 saturated carbocycles. The van der Waals surface area contributed by atoms with Crippen LogP contribution in [-0.4, -0.2) is 36.7 Å². The molecule has 1 fully saturated rings. The molecule has 0 bridgehead atoms. The first-order valence-corrected chi connectivity index (χ1v) is 11.3. The summed E-state index contributed by atoms with van der Waals surface area (Å²) in [6.45, 7) is 2.28. The first-order chi connectivity index (χ1) is 16.1. The number of anilines is 3. The number of aromatic amines is 1. The van der Waals surface area contributed by atoms with E-state index in [9.17, 15) is 0 Å². The number of fused-ring (bicyclic) bond motifs is 1. The Morgan fingerprint density at radius 2 is 1.73 bits per heavy atom. The van der Waals surface area contributed by atoms with Gasteiger partial charge in [-0.2, -0.15) is 5.10 Å². The molecule has 1 aliphatic rings. The van der Waals surface area contributed by atoms with E-state index in [1.165, 1.54) is 24.8 Å². The summed E-state index contributed by atoms with van der Waals surface area (Å²) in [6.07, 6.45) is 4.63. The van der Waals surface area contributed by atoms with Crippen molar-refractivity contribution in [3.63, 3.8) is 0 Å². The zero-order valence-electron chi connectivity index (χ0n) is 19.0. The molecule has 9 nitrogen and oxygen atoms in total. The molecule has 0 spiro atoms. The maximum absolute atomic E-state index is 5.52. The van der Waals surface area contributed by atoms with Gasteiger partial charge in [0.25, 0.3) is 0 Å². The lowest BCUT2D eigenvalue weighted by atomic mass is 10.2. The second-order valence-corrected chi connectivity index (χ2v) is 8.37. The Morgan fingerprint density at radius 1 is 1.03 bits per heavy atom. The molecule has 0 saturated heterocycles. The van der Waals surface area contributed by atoms with Crippen molar-refractivity contribution in [3.8, 4) is 17.2 Å². The summed E-state index contributed by atoms with van der Waals surface area (Å²) in [5.41, 5.74) is 1.33. The highest BCUT2D eigenvalue weighted by molar-refractivity contribution is 8.00. The summed E-state index contributed by atoms with van der Waals surface area (Å²) in [5, 5.41) is 14.9. The summed E-state index contributed by atoms with van der Waals surface area (Å²) in [6, 6.07) is 11.1. The predicted molar refractivity (Wildman–Crippen MR) is 130 cm³/mol. The first-order valence-electron chi connectivity index (χ1n) is 10.5. The maximum atomic E-state index is 5.52. The van der Waals surface area contributed by atoms with Crippen LogP contribution in [-0.2, 0) is 0 Å². The molecular weight excluding hydrogens is 442 g/mol. The molecule has 2 aromatic heterocycles. The highest BCUT2D eigenvalue weighted by Gasteiger charge is 2.17. The molecule has 2 heterocycles. The molecule has 0 radical (unpaired) electrons. The van der Waals surface area contributed by atoms with Crippen LogP contribution in [0.5, 0.6) is 17.2 Å². The van der Waals surface area contributed by atoms with Gasteiger partial charge in [0.05, 0.1) is 38.6 Å². The highest BCUT2D eigenvalue weighted by atomic mass is 32.2. The van der Waals surface area contributed by atoms with Gasteiger partial charge in [-0.15, -0.1) is 0 Å². The Balaban J connectivity index is 0.000000586. The SMILES string of the molecule is CC1CC1.COc1cc2c(NSc3c(OC)cccc3OC)noc2cc1Nc1ccn[nH]1. The van der Waals surface area contributed by atoms with Gasteiger partial charge in [0, 0.05) is 12.1 Å². The van der Waals surface area contributed by atoms with Crippen LogP contribution in [0.15, 0.2) is 52.0 Å². The van der Waals surface area contributed by atoms with Gasteiger partial charge in [0.15, 0.2) is 11.4 Å². The van der Waals surface area contributed by atoms with Crippen LogP contribution in [0.1, 0.15) is 19.8 Å². The van der Waals surface area contributed by atoms with Gasteiger partial charge in [-0.1, -0.05) is 31.0 Å². The van der Waals surface area contributed by atoms with Crippen LogP contribution < -0.4 is 24.2 Å². The van der Waals surface area contributed by atoms with Gasteiger partial charge in [-0.05, 0) is 36.1 Å². The Hall–Kier alpha value is -3.53. The first kappa shape index (κ1) is 22.7. The third kappa shape index (κ3) is 5.46. The van der Waals surface area contributed by atoms with Gasteiger partial charge in [0.2, 0.25) is 0 Å². The number of nitrogens with one attached hydrogen (secondary N) is 3. The van der Waals surface area contributed by atoms with Gasteiger partial charge < -0.3 is 28.8 Å². The van der Waals surface area contributed by atoms with Crippen molar-refractivity contribution in [1.29, 1.82) is 0 Å². The van der Waals surface area contributed by atoms with Crippen molar-refractivity contribution < 1.29 is 18.7 Å². The molecular formula is C23H27N5O4S. The lowest BCUT2D eigenvalue weighted by Gasteiger charge is -2.12. The minimum absolute atomic E-state index is 0.560. The summed E-state index contributed by atoms with van der Waals surface area (Å²) in [7, 11) is 4.83. The number of nitrogens with zero attached hydrogens (tertiary/aromatic N) is 2. The monoisotopic (exact) mass is 469 g/mol. The molecule has 0 atom stereocenters. The maximum Gasteiger partial charge on any atom is 0.187 e. The van der Waals surface area contributed by atoms with E-state index >= 15 is 0 Å². The Bertz CT molecular complexity index is 1170. The number of aromatic nitrogens is 3. The van der Waals surface area contributed by atoms with E-state index in [0.717, 1.165) is 27.7 Å². The van der Waals surface area contributed by atoms with Crippen LogP contribution in [0.2, 0.25) is 0 Å². The molecule has 0 aliphatic heterocycles. The molecule has 2 aromatic carbocycles. The van der Waals surface area contributed by atoms with E-state index in [4.69, 9.17) is 18.7 Å². The van der Waals surface area contributed by atoms with Crippen LogP contribution >= 0.6 is 11.9 Å². The molecule has 5 rings (SSSR count). The predicted octanol–water partition coefficient (Wildman–Crippen LogP) is 5.86. The molecule has 0 amide bonds. The lowest BCUT2D eigenvalue weighted by Crippen LogP contribution is -1.96. The van der Waals surface area contributed by atoms with Gasteiger partial charge in [-0.3, -0.25) is 5.10 Å². The summed E-state index contributed by atoms with van der Waals surface area (Å²) >= 11 is 1.32. The fraction of sp³-hybridized carbons (Fsp3) is 0.304. The number of hydrogen-bond donors (Lipinski definition) is 3. The number of H-pyrrole nitrogens is 1. The Morgan fingerprint density at radius 3 is 2.30 bits per heavy atom. The summed E-state index contributed by atoms with van der Waals surface area (Å²) in [4.78, 5) is 0.804. The third-order valence-electron chi connectivity index (χ3n) is 5.06. The zero-order chi connectivity index (χ0) is 23.2. The molecule has 4 aromatic rings. The van der Waals surface area contributed by atoms with Crippen molar-refractivity contribution in [2.45, 2.75) is 24.7 Å². The topological polar surface area (TPSA) is 106 Å². The molecule has 10 heteroatoms. The molecule has 33 heavy (non-hydrogen) atoms. The van der Waals surface area contributed by atoms with E-state index in [2.05, 4.69) is 32.3 Å². The minimum atomic E-state index is 0.560. The van der Waals surface area contributed by atoms with Crippen LogP contribution in [0, 0.1) is 5.92 Å². The average Bonchev–Trinajstić information content (AvgIpc) is 3.29. The standard InChI is InChI=1S/C19H19N5O4S.C4H8/c1-25-13-5-4-6-14(26-2)18(13)29-24-19-11-9-16(27-3)12(10-15(11)28-23-19)21-17-7-8-20-22-17;1-4-2-3-4/h4-10H,1-3H3,(H,23,24)(H2,20,21,22);4H,2-3H2,1H3. The number of rotatable bonds is 8. The van der Waals surface area contributed by atoms with Crippen molar-refractivity contribution in [2.24, 2.45) is 5.92 Å². The fourth-order valence-corrected chi connectivity index (χ4v) is 3.81. The summed E-state index contributed by atoms with van der Waals surface area (Å²) < 4.78 is 25.1. The van der Waals surface area contributed by atoms with Gasteiger partial charge in [0.1, 0.15) is 28.0 Å². The van der Waals surface area contributed by atoms with E-state index in [0.29, 0.717) is 28.6 Å². The Labute approximate surface area is 196 Å². The van der Waals surface area contributed by atoms with E-state index < -0.39 is 0 Å². The number of methoxy groups -OCH3 is 3. The smallest absolute Gasteiger partial charge is 0.187 e. The largest absolute Gasteiger partial charge is 0.495 e. The van der Waals surface area contributed by atoms with Crippen molar-refractivity contribution in [1.82, 2.24) is 15.4 Å². The minimum Gasteiger partial charge on any atom is -0.495 e. The molecule has 1 aliphatic carbocycles. The van der Waals surface area contributed by atoms with Crippen molar-refractivity contribution in [2.75, 3.05) is 31.4 Å². The van der Waals surface area contributed by atoms with E-state index in [1.807, 2.05) is 36.4 Å². The van der Waals surface area contributed by atoms with Crippen LogP contribution in [0.3, 0.4) is 0 Å². The number of ether oxygens (including phenoxy) is 3. The summed E-state index contributed by atoms with van der Waals surface area (Å²) in [5.74, 6) is 4.40. The lowest BCUT2D eigenvalue weighted by molar-refractivity contribution is 0.376. The van der Waals surface area contributed by atoms with Gasteiger partial charge in [-0.25, -0.2) is 0 Å². The number of hydrogen-bond acceptors (Lipinski definition) is 9. The highest BCUT2D eigenvalue weighted by Crippen LogP contribution is 2.40. The second-order valence-electron chi connectivity index (χ2n) is 7.55. The fourth-order valence-electron chi connectivity index (χ4n) is 2.96. The van der Waals surface area contributed by atoms with Crippen molar-refractivity contribution >= 4 is 40.2 Å². The van der Waals surface area contributed by atoms with Crippen LogP contribution in [0.4, 0.5) is 17.3 Å². The van der Waals surface area contributed by atoms with E-state index in [-0.39, 0.29) is 0 Å². The molecule has 3 N–H and O–H groups in total. The quantitative estimate of drug-likeness (QED) is 0.274. The molecule has 0 unspecified atom stereocenters. The zero-order valence-corrected chi connectivity index (χ0v) is 19.8. The van der Waals surface area contributed by atoms with Gasteiger partial charge >= 0.3 is 0 Å². The number of benzene rings is 2. The third-order valence-corrected chi connectivity index (χ3v) is 5.96. The van der Waals surface area contributed by atoms with Crippen molar-refractivity contribution in [3.05, 3.63) is 42.6 Å². The average molecular weight is 470 g/mol. The van der Waals surface area contributed by atoms with E-state index in [1.54, 1.807) is 27.5 Å². The van der Waals surface area contributed by atoms with Crippen LogP contribution in [0.25, 0.3) is 11.0 Å². The second kappa shape index (κ2) is 10.4.